The maximum absolute atomic E-state index is 14.4. The lowest BCUT2D eigenvalue weighted by molar-refractivity contribution is -0.0483. The molecular formula is C23H27ClFN5O9P2. The van der Waals surface area contributed by atoms with Crippen LogP contribution < -0.4 is 4.90 Å². The largest absolute Gasteiger partial charge is 0.387 e. The van der Waals surface area contributed by atoms with Crippen LogP contribution in [0.4, 0.5) is 15.9 Å². The number of imidazole rings is 1. The van der Waals surface area contributed by atoms with Crippen molar-refractivity contribution in [3.05, 3.63) is 41.2 Å². The van der Waals surface area contributed by atoms with Gasteiger partial charge in [-0.05, 0) is 42.1 Å². The molecule has 0 bridgehead atoms. The number of anilines is 2. The average molecular weight is 634 g/mol. The number of aliphatic hydroxyl groups excluding tert-OH is 2. The van der Waals surface area contributed by atoms with E-state index in [1.807, 2.05) is 11.0 Å². The number of ether oxygens (including phenoxy) is 1. The SMILES string of the molecule is O=P(O)(O)CP(=O)(O)OC[C@H]1O[C@@H](n2cnc3c(N4CC5(CCCC5)c5ccc(F)cc54)nc(Cl)nc32)C(O)[C@H]1O. The standard InChI is InChI=1S/C23H27ClFN5O9P2/c24-22-27-19(29-9-23(5-1-2-6-23)13-4-3-12(25)7-14(13)29)16-20(28-22)30(10-26-16)21-18(32)17(31)15(39-21)8-38-41(36,37)11-40(33,34)35/h3-4,7,10,15,17-18,21,31-32H,1-2,5-6,8-9,11H2,(H,36,37)(H2,33,34,35)/t15-,17+,18?,21-/m1/s1. The molecule has 3 aliphatic rings. The van der Waals surface area contributed by atoms with E-state index >= 15 is 0 Å². The van der Waals surface area contributed by atoms with Crippen LogP contribution in [0.15, 0.2) is 24.5 Å². The van der Waals surface area contributed by atoms with Gasteiger partial charge in [-0.1, -0.05) is 18.9 Å². The Bertz CT molecular complexity index is 1600. The maximum Gasteiger partial charge on any atom is 0.340 e. The van der Waals surface area contributed by atoms with Crippen molar-refractivity contribution < 1.29 is 47.7 Å². The Morgan fingerprint density at radius 1 is 1.15 bits per heavy atom. The van der Waals surface area contributed by atoms with Gasteiger partial charge in [-0.3, -0.25) is 13.7 Å². The second-order valence-electron chi connectivity index (χ2n) is 10.7. The third-order valence-electron chi connectivity index (χ3n) is 7.89. The fourth-order valence-electron chi connectivity index (χ4n) is 6.13. The molecule has 1 saturated heterocycles. The van der Waals surface area contributed by atoms with Gasteiger partial charge in [0.05, 0.1) is 12.9 Å². The van der Waals surface area contributed by atoms with Crippen LogP contribution in [-0.2, 0) is 23.8 Å². The van der Waals surface area contributed by atoms with E-state index in [9.17, 15) is 28.6 Å². The van der Waals surface area contributed by atoms with Crippen molar-refractivity contribution in [1.82, 2.24) is 19.5 Å². The number of nitrogens with zero attached hydrogens (tertiary/aromatic N) is 5. The summed E-state index contributed by atoms with van der Waals surface area (Å²) in [6, 6.07) is 4.72. The number of fused-ring (bicyclic) bond motifs is 3. The first-order chi connectivity index (χ1) is 19.3. The summed E-state index contributed by atoms with van der Waals surface area (Å²) < 4.78 is 49.4. The molecule has 3 aromatic rings. The summed E-state index contributed by atoms with van der Waals surface area (Å²) in [7, 11) is -9.59. The van der Waals surface area contributed by atoms with E-state index in [1.54, 1.807) is 0 Å². The number of hydrogen-bond acceptors (Lipinski definition) is 10. The van der Waals surface area contributed by atoms with Crippen LogP contribution in [0.2, 0.25) is 5.28 Å². The minimum atomic E-state index is -4.86. The molecule has 41 heavy (non-hydrogen) atoms. The van der Waals surface area contributed by atoms with Crippen molar-refractivity contribution in [2.24, 2.45) is 0 Å². The average Bonchev–Trinajstić information content (AvgIpc) is 3.64. The van der Waals surface area contributed by atoms with Crippen LogP contribution in [0.3, 0.4) is 0 Å². The molecule has 5 atom stereocenters. The molecule has 14 nitrogen and oxygen atoms in total. The molecular weight excluding hydrogens is 607 g/mol. The third-order valence-corrected chi connectivity index (χ3v) is 11.5. The Morgan fingerprint density at radius 3 is 2.59 bits per heavy atom. The molecule has 6 rings (SSSR count). The molecule has 1 aliphatic carbocycles. The molecule has 2 aliphatic heterocycles. The van der Waals surface area contributed by atoms with Gasteiger partial charge in [-0.2, -0.15) is 9.97 Å². The van der Waals surface area contributed by atoms with Gasteiger partial charge >= 0.3 is 15.2 Å². The van der Waals surface area contributed by atoms with E-state index in [1.165, 1.54) is 23.0 Å². The first-order valence-corrected chi connectivity index (χ1v) is 16.7. The Labute approximate surface area is 237 Å². The fraction of sp³-hybridized carbons (Fsp3) is 0.522. The number of halogens is 2. The molecule has 1 aromatic carbocycles. The third kappa shape index (κ3) is 5.33. The monoisotopic (exact) mass is 633 g/mol. The van der Waals surface area contributed by atoms with E-state index in [-0.39, 0.29) is 21.9 Å². The number of aliphatic hydroxyl groups is 2. The van der Waals surface area contributed by atoms with Crippen molar-refractivity contribution >= 4 is 49.5 Å². The molecule has 18 heteroatoms. The Hall–Kier alpha value is -2.03. The summed E-state index contributed by atoms with van der Waals surface area (Å²) in [5.41, 5.74) is 1.96. The van der Waals surface area contributed by atoms with E-state index < -0.39 is 58.1 Å². The first-order valence-electron chi connectivity index (χ1n) is 12.8. The molecule has 0 radical (unpaired) electrons. The predicted octanol–water partition coefficient (Wildman–Crippen LogP) is 2.54. The molecule has 5 N–H and O–H groups in total. The number of benzene rings is 1. The number of rotatable bonds is 7. The first kappa shape index (κ1) is 29.1. The summed E-state index contributed by atoms with van der Waals surface area (Å²) >= 11 is 6.33. The van der Waals surface area contributed by atoms with Gasteiger partial charge in [0.25, 0.3) is 0 Å². The highest BCUT2D eigenvalue weighted by Crippen LogP contribution is 2.56. The maximum atomic E-state index is 14.4. The highest BCUT2D eigenvalue weighted by molar-refractivity contribution is 7.70. The lowest BCUT2D eigenvalue weighted by Gasteiger charge is -2.25. The van der Waals surface area contributed by atoms with Crippen LogP contribution in [0.25, 0.3) is 11.2 Å². The molecule has 2 aromatic heterocycles. The highest BCUT2D eigenvalue weighted by atomic mass is 35.5. The van der Waals surface area contributed by atoms with Crippen LogP contribution in [0, 0.1) is 5.82 Å². The topological polar surface area (TPSA) is 201 Å². The molecule has 1 spiro atoms. The van der Waals surface area contributed by atoms with Crippen LogP contribution >= 0.6 is 26.8 Å². The van der Waals surface area contributed by atoms with Gasteiger partial charge in [-0.15, -0.1) is 0 Å². The predicted molar refractivity (Wildman–Crippen MR) is 142 cm³/mol. The van der Waals surface area contributed by atoms with E-state index in [0.717, 1.165) is 31.2 Å². The zero-order valence-corrected chi connectivity index (χ0v) is 23.9. The zero-order valence-electron chi connectivity index (χ0n) is 21.3. The van der Waals surface area contributed by atoms with Gasteiger partial charge in [0.1, 0.15) is 24.1 Å². The normalized spacial score (nSPS) is 27.1. The van der Waals surface area contributed by atoms with Crippen LogP contribution in [0.5, 0.6) is 0 Å². The Balaban J connectivity index is 1.31. The van der Waals surface area contributed by atoms with E-state index in [0.29, 0.717) is 18.1 Å². The highest BCUT2D eigenvalue weighted by Gasteiger charge is 2.48. The van der Waals surface area contributed by atoms with Crippen molar-refractivity contribution in [2.45, 2.75) is 55.6 Å². The second-order valence-corrected chi connectivity index (χ2v) is 15.0. The lowest BCUT2D eigenvalue weighted by Crippen LogP contribution is -2.33. The van der Waals surface area contributed by atoms with Crippen molar-refractivity contribution in [3.8, 4) is 0 Å². The lowest BCUT2D eigenvalue weighted by atomic mass is 9.81. The fourth-order valence-corrected chi connectivity index (χ4v) is 8.86. The van der Waals surface area contributed by atoms with Crippen LogP contribution in [0.1, 0.15) is 37.5 Å². The van der Waals surface area contributed by atoms with Crippen molar-refractivity contribution in [2.75, 3.05) is 24.0 Å². The molecule has 0 amide bonds. The van der Waals surface area contributed by atoms with E-state index in [2.05, 4.69) is 15.0 Å². The molecule has 4 heterocycles. The van der Waals surface area contributed by atoms with Gasteiger partial charge < -0.3 is 39.1 Å². The minimum Gasteiger partial charge on any atom is -0.387 e. The van der Waals surface area contributed by atoms with Crippen molar-refractivity contribution in [3.63, 3.8) is 0 Å². The van der Waals surface area contributed by atoms with Crippen molar-refractivity contribution in [1.29, 1.82) is 0 Å². The summed E-state index contributed by atoms with van der Waals surface area (Å²) in [5, 5.41) is 21.2. The summed E-state index contributed by atoms with van der Waals surface area (Å²) in [5.74, 6) is -1.48. The summed E-state index contributed by atoms with van der Waals surface area (Å²) in [6.07, 6.45) is -0.497. The Kier molecular flexibility index (Phi) is 7.30. The number of hydrogen-bond donors (Lipinski definition) is 5. The Morgan fingerprint density at radius 2 is 1.88 bits per heavy atom. The smallest absolute Gasteiger partial charge is 0.340 e. The molecule has 2 unspecified atom stereocenters. The van der Waals surface area contributed by atoms with Gasteiger partial charge in [0, 0.05) is 17.6 Å². The van der Waals surface area contributed by atoms with Gasteiger partial charge in [-0.25, -0.2) is 9.37 Å². The molecule has 2 fully saturated rings. The second kappa shape index (κ2) is 10.3. The molecule has 222 valence electrons. The summed E-state index contributed by atoms with van der Waals surface area (Å²) in [4.78, 5) is 42.7. The zero-order chi connectivity index (χ0) is 29.3. The van der Waals surface area contributed by atoms with Gasteiger partial charge in [0.15, 0.2) is 29.1 Å². The molecule has 1 saturated carbocycles. The quantitative estimate of drug-likeness (QED) is 0.188. The summed E-state index contributed by atoms with van der Waals surface area (Å²) in [6.45, 7) is -0.202. The van der Waals surface area contributed by atoms with Gasteiger partial charge in [0.2, 0.25) is 5.28 Å². The van der Waals surface area contributed by atoms with Crippen LogP contribution in [-0.4, -0.2) is 81.8 Å². The van der Waals surface area contributed by atoms with E-state index in [4.69, 9.17) is 30.6 Å². The minimum absolute atomic E-state index is 0.147. The number of aromatic nitrogens is 4.